The van der Waals surface area contributed by atoms with Crippen molar-refractivity contribution in [3.05, 3.63) is 83.4 Å². The molecule has 40 heavy (non-hydrogen) atoms. The lowest BCUT2D eigenvalue weighted by atomic mass is 10.0. The number of nitrogens with zero attached hydrogens (tertiary/aromatic N) is 4. The number of fused-ring (bicyclic) bond motifs is 2. The summed E-state index contributed by atoms with van der Waals surface area (Å²) >= 11 is 3.27. The lowest BCUT2D eigenvalue weighted by molar-refractivity contribution is 0.410. The number of pyridine rings is 2. The number of imidazole rings is 2. The number of rotatable bonds is 9. The third kappa shape index (κ3) is 5.24. The molecule has 0 saturated heterocycles. The zero-order chi connectivity index (χ0) is 27.6. The summed E-state index contributed by atoms with van der Waals surface area (Å²) in [4.78, 5) is 25.5. The Morgan fingerprint density at radius 3 is 1.52 bits per heavy atom. The van der Waals surface area contributed by atoms with E-state index in [4.69, 9.17) is 19.4 Å². The Morgan fingerprint density at radius 1 is 0.650 bits per heavy atom. The Bertz CT molecular complexity index is 1700. The maximum absolute atomic E-state index is 5.42. The zero-order valence-corrected chi connectivity index (χ0v) is 24.2. The molecule has 0 saturated carbocycles. The van der Waals surface area contributed by atoms with Gasteiger partial charge in [0.15, 0.2) is 10.3 Å². The minimum absolute atomic E-state index is 0.708. The molecular weight excluding hydrogens is 541 g/mol. The summed E-state index contributed by atoms with van der Waals surface area (Å²) < 4.78 is 10.8. The van der Waals surface area contributed by atoms with Crippen molar-refractivity contribution in [3.63, 3.8) is 0 Å². The number of hydrogen-bond donors (Lipinski definition) is 2. The third-order valence-electron chi connectivity index (χ3n) is 6.90. The van der Waals surface area contributed by atoms with Crippen LogP contribution in [0, 0.1) is 13.8 Å². The number of aromatic amines is 2. The largest absolute Gasteiger partial charge is 0.496 e. The average Bonchev–Trinajstić information content (AvgIpc) is 3.58. The Labute approximate surface area is 240 Å². The maximum atomic E-state index is 5.42. The van der Waals surface area contributed by atoms with Gasteiger partial charge in [-0.25, -0.2) is 9.97 Å². The molecule has 6 rings (SSSR count). The lowest BCUT2D eigenvalue weighted by Crippen LogP contribution is -1.95. The standard InChI is InChI=1S/C30H28N6O2S2/c1-17-25(31-11-9-27(17)37-3)15-39-29-33-21-7-5-19(13-23(21)35-29)20-6-8-22-24(14-20)36-30(34-22)40-16-26-18(2)28(38-4)10-12-32-26/h5-14H,15-16H2,1-4H3,(H,33,35)(H,34,36). The van der Waals surface area contributed by atoms with Gasteiger partial charge in [0.1, 0.15) is 11.5 Å². The molecule has 4 aromatic heterocycles. The van der Waals surface area contributed by atoms with Gasteiger partial charge in [-0.1, -0.05) is 35.7 Å². The van der Waals surface area contributed by atoms with Crippen LogP contribution in [0.3, 0.4) is 0 Å². The number of H-pyrrole nitrogens is 2. The molecule has 0 aliphatic carbocycles. The van der Waals surface area contributed by atoms with Crippen molar-refractivity contribution in [1.82, 2.24) is 29.9 Å². The molecule has 0 bridgehead atoms. The molecule has 0 aliphatic heterocycles. The van der Waals surface area contributed by atoms with E-state index < -0.39 is 0 Å². The number of ether oxygens (including phenoxy) is 2. The molecule has 0 radical (unpaired) electrons. The van der Waals surface area contributed by atoms with E-state index in [0.717, 1.165) is 77.5 Å². The highest BCUT2D eigenvalue weighted by atomic mass is 32.2. The molecule has 2 N–H and O–H groups in total. The first-order valence-corrected chi connectivity index (χ1v) is 14.7. The normalized spacial score (nSPS) is 11.4. The first kappa shape index (κ1) is 26.2. The summed E-state index contributed by atoms with van der Waals surface area (Å²) in [6.45, 7) is 4.06. The number of methoxy groups -OCH3 is 2. The van der Waals surface area contributed by atoms with E-state index in [2.05, 4.69) is 56.3 Å². The molecule has 0 amide bonds. The molecule has 10 heteroatoms. The summed E-state index contributed by atoms with van der Waals surface area (Å²) in [5, 5.41) is 1.73. The highest BCUT2D eigenvalue weighted by Crippen LogP contribution is 2.31. The molecule has 0 aliphatic rings. The second kappa shape index (κ2) is 11.2. The summed E-state index contributed by atoms with van der Waals surface area (Å²) in [6, 6.07) is 16.4. The Balaban J connectivity index is 1.18. The van der Waals surface area contributed by atoms with Crippen LogP contribution in [0.1, 0.15) is 22.5 Å². The van der Waals surface area contributed by atoms with Crippen LogP contribution < -0.4 is 9.47 Å². The van der Waals surface area contributed by atoms with Crippen LogP contribution in [0.4, 0.5) is 0 Å². The summed E-state index contributed by atoms with van der Waals surface area (Å²) in [5.41, 5.74) is 10.2. The first-order valence-electron chi connectivity index (χ1n) is 12.7. The molecule has 6 aromatic rings. The van der Waals surface area contributed by atoms with Crippen LogP contribution in [0.25, 0.3) is 33.2 Å². The fraction of sp³-hybridized carbons (Fsp3) is 0.200. The zero-order valence-electron chi connectivity index (χ0n) is 22.6. The van der Waals surface area contributed by atoms with Crippen LogP contribution in [-0.2, 0) is 11.5 Å². The topological polar surface area (TPSA) is 102 Å². The Morgan fingerprint density at radius 2 is 1.10 bits per heavy atom. The highest BCUT2D eigenvalue weighted by molar-refractivity contribution is 7.98. The van der Waals surface area contributed by atoms with E-state index in [1.807, 2.05) is 26.0 Å². The minimum atomic E-state index is 0.708. The Kier molecular flexibility index (Phi) is 7.36. The second-order valence-corrected chi connectivity index (χ2v) is 11.2. The van der Waals surface area contributed by atoms with Gasteiger partial charge in [-0.05, 0) is 61.4 Å². The van der Waals surface area contributed by atoms with Gasteiger partial charge in [-0.3, -0.25) is 9.97 Å². The van der Waals surface area contributed by atoms with Gasteiger partial charge < -0.3 is 19.4 Å². The van der Waals surface area contributed by atoms with Gasteiger partial charge in [0.05, 0.1) is 47.7 Å². The van der Waals surface area contributed by atoms with Crippen molar-refractivity contribution in [1.29, 1.82) is 0 Å². The number of hydrogen-bond acceptors (Lipinski definition) is 8. The molecule has 202 valence electrons. The van der Waals surface area contributed by atoms with E-state index in [1.165, 1.54) is 0 Å². The molecule has 4 heterocycles. The summed E-state index contributed by atoms with van der Waals surface area (Å²) in [6.07, 6.45) is 3.56. The molecular formula is C30H28N6O2S2. The van der Waals surface area contributed by atoms with Gasteiger partial charge in [0.25, 0.3) is 0 Å². The van der Waals surface area contributed by atoms with Crippen LogP contribution in [0.5, 0.6) is 11.5 Å². The van der Waals surface area contributed by atoms with Crippen molar-refractivity contribution in [2.24, 2.45) is 0 Å². The van der Waals surface area contributed by atoms with Crippen molar-refractivity contribution < 1.29 is 9.47 Å². The van der Waals surface area contributed by atoms with Crippen LogP contribution in [0.15, 0.2) is 71.2 Å². The molecule has 8 nitrogen and oxygen atoms in total. The Hall–Kier alpha value is -4.02. The van der Waals surface area contributed by atoms with E-state index in [-0.39, 0.29) is 0 Å². The van der Waals surface area contributed by atoms with Gasteiger partial charge >= 0.3 is 0 Å². The smallest absolute Gasteiger partial charge is 0.166 e. The molecule has 2 aromatic carbocycles. The molecule has 0 fully saturated rings. The minimum Gasteiger partial charge on any atom is -0.496 e. The highest BCUT2D eigenvalue weighted by Gasteiger charge is 2.12. The predicted molar refractivity (Wildman–Crippen MR) is 161 cm³/mol. The second-order valence-electron chi connectivity index (χ2n) is 9.29. The molecule has 0 spiro atoms. The van der Waals surface area contributed by atoms with Crippen molar-refractivity contribution in [3.8, 4) is 22.6 Å². The van der Waals surface area contributed by atoms with Crippen LogP contribution >= 0.6 is 23.5 Å². The van der Waals surface area contributed by atoms with Crippen molar-refractivity contribution in [2.75, 3.05) is 14.2 Å². The summed E-state index contributed by atoms with van der Waals surface area (Å²) in [7, 11) is 3.36. The monoisotopic (exact) mass is 568 g/mol. The van der Waals surface area contributed by atoms with Crippen LogP contribution in [-0.4, -0.2) is 44.1 Å². The van der Waals surface area contributed by atoms with Gasteiger partial charge in [0.2, 0.25) is 0 Å². The average molecular weight is 569 g/mol. The van der Waals surface area contributed by atoms with Gasteiger partial charge in [0, 0.05) is 35.0 Å². The number of aromatic nitrogens is 6. The third-order valence-corrected chi connectivity index (χ3v) is 8.67. The lowest BCUT2D eigenvalue weighted by Gasteiger charge is -2.08. The fourth-order valence-corrected chi connectivity index (χ4v) is 6.41. The van der Waals surface area contributed by atoms with Gasteiger partial charge in [-0.2, -0.15) is 0 Å². The number of nitrogens with one attached hydrogen (secondary N) is 2. The van der Waals surface area contributed by atoms with E-state index in [1.54, 1.807) is 50.1 Å². The summed E-state index contributed by atoms with van der Waals surface area (Å²) in [5.74, 6) is 3.12. The molecule has 0 unspecified atom stereocenters. The number of thioether (sulfide) groups is 2. The number of benzene rings is 2. The SMILES string of the molecule is COc1ccnc(CSc2nc3ccc(-c4ccc5nc(SCc6nccc(OC)c6C)[nH]c5c4)cc3[nH]2)c1C. The van der Waals surface area contributed by atoms with E-state index in [9.17, 15) is 0 Å². The quantitative estimate of drug-likeness (QED) is 0.178. The molecule has 0 atom stereocenters. The fourth-order valence-electron chi connectivity index (χ4n) is 4.59. The maximum Gasteiger partial charge on any atom is 0.166 e. The van der Waals surface area contributed by atoms with Crippen molar-refractivity contribution >= 4 is 45.6 Å². The van der Waals surface area contributed by atoms with Crippen LogP contribution in [0.2, 0.25) is 0 Å². The van der Waals surface area contributed by atoms with E-state index in [0.29, 0.717) is 11.5 Å². The van der Waals surface area contributed by atoms with E-state index >= 15 is 0 Å². The first-order chi connectivity index (χ1) is 19.5. The predicted octanol–water partition coefficient (Wildman–Crippen LogP) is 7.11. The van der Waals surface area contributed by atoms with Gasteiger partial charge in [-0.15, -0.1) is 0 Å². The van der Waals surface area contributed by atoms with Crippen molar-refractivity contribution in [2.45, 2.75) is 35.7 Å².